The van der Waals surface area contributed by atoms with Gasteiger partial charge in [0, 0.05) is 37.2 Å². The Hall–Kier alpha value is -0.690. The van der Waals surface area contributed by atoms with Crippen molar-refractivity contribution < 1.29 is 8.42 Å². The van der Waals surface area contributed by atoms with E-state index in [4.69, 9.17) is 0 Å². The van der Waals surface area contributed by atoms with Crippen LogP contribution in [0.2, 0.25) is 0 Å². The summed E-state index contributed by atoms with van der Waals surface area (Å²) in [7, 11) is -3.40. The van der Waals surface area contributed by atoms with Gasteiger partial charge in [-0.05, 0) is 41.9 Å². The van der Waals surface area contributed by atoms with Gasteiger partial charge in [0.15, 0.2) is 0 Å². The molecule has 0 N–H and O–H groups in total. The molecular formula is C15H21BrN2O2S. The molecule has 0 bridgehead atoms. The van der Waals surface area contributed by atoms with E-state index in [0.29, 0.717) is 22.5 Å². The van der Waals surface area contributed by atoms with Crippen molar-refractivity contribution in [2.45, 2.75) is 18.7 Å². The van der Waals surface area contributed by atoms with Gasteiger partial charge in [0.2, 0.25) is 10.0 Å². The molecular weight excluding hydrogens is 352 g/mol. The number of rotatable bonds is 4. The Morgan fingerprint density at radius 2 is 1.81 bits per heavy atom. The fraction of sp³-hybridized carbons (Fsp3) is 0.467. The van der Waals surface area contributed by atoms with Crippen LogP contribution in [0.4, 0.5) is 0 Å². The molecule has 6 heteroatoms. The predicted octanol–water partition coefficient (Wildman–Crippen LogP) is 2.72. The third-order valence-electron chi connectivity index (χ3n) is 3.54. The first-order valence-corrected chi connectivity index (χ1v) is 9.25. The minimum atomic E-state index is -3.40. The monoisotopic (exact) mass is 372 g/mol. The lowest BCUT2D eigenvalue weighted by molar-refractivity contribution is 0.204. The number of allylic oxidation sites excluding steroid dienone is 1. The van der Waals surface area contributed by atoms with Crippen LogP contribution >= 0.6 is 15.9 Å². The Balaban J connectivity index is 2.05. The SMILES string of the molecule is CC(C)=CCN1CCN(S(=O)(=O)c2ccccc2Br)CC1. The molecule has 0 radical (unpaired) electrons. The Bertz CT molecular complexity index is 616. The fourth-order valence-corrected chi connectivity index (χ4v) is 4.64. The third-order valence-corrected chi connectivity index (χ3v) is 6.45. The van der Waals surface area contributed by atoms with Gasteiger partial charge < -0.3 is 0 Å². The van der Waals surface area contributed by atoms with Crippen LogP contribution in [0.5, 0.6) is 0 Å². The minimum absolute atomic E-state index is 0.350. The van der Waals surface area contributed by atoms with Crippen molar-refractivity contribution in [2.75, 3.05) is 32.7 Å². The zero-order chi connectivity index (χ0) is 15.5. The Morgan fingerprint density at radius 1 is 1.19 bits per heavy atom. The van der Waals surface area contributed by atoms with Gasteiger partial charge in [-0.25, -0.2) is 8.42 Å². The van der Waals surface area contributed by atoms with Crippen molar-refractivity contribution in [3.63, 3.8) is 0 Å². The second kappa shape index (κ2) is 7.05. The summed E-state index contributed by atoms with van der Waals surface area (Å²) in [5, 5.41) is 0. The van der Waals surface area contributed by atoms with E-state index in [2.05, 4.69) is 40.8 Å². The van der Waals surface area contributed by atoms with E-state index >= 15 is 0 Å². The summed E-state index contributed by atoms with van der Waals surface area (Å²) in [6.45, 7) is 7.67. The first-order chi connectivity index (χ1) is 9.91. The van der Waals surface area contributed by atoms with Gasteiger partial charge in [-0.15, -0.1) is 0 Å². The predicted molar refractivity (Wildman–Crippen MR) is 88.8 cm³/mol. The highest BCUT2D eigenvalue weighted by atomic mass is 79.9. The van der Waals surface area contributed by atoms with Crippen molar-refractivity contribution >= 4 is 26.0 Å². The molecule has 1 saturated heterocycles. The van der Waals surface area contributed by atoms with Crippen molar-refractivity contribution in [3.8, 4) is 0 Å². The van der Waals surface area contributed by atoms with E-state index in [-0.39, 0.29) is 0 Å². The van der Waals surface area contributed by atoms with Crippen LogP contribution < -0.4 is 0 Å². The fourth-order valence-electron chi connectivity index (χ4n) is 2.26. The number of hydrogen-bond acceptors (Lipinski definition) is 3. The second-order valence-electron chi connectivity index (χ2n) is 5.42. The van der Waals surface area contributed by atoms with Gasteiger partial charge in [-0.3, -0.25) is 4.90 Å². The van der Waals surface area contributed by atoms with Crippen molar-refractivity contribution in [3.05, 3.63) is 40.4 Å². The molecule has 1 aromatic carbocycles. The summed E-state index contributed by atoms with van der Waals surface area (Å²) >= 11 is 3.33. The van der Waals surface area contributed by atoms with E-state index in [9.17, 15) is 8.42 Å². The highest BCUT2D eigenvalue weighted by molar-refractivity contribution is 9.10. The van der Waals surface area contributed by atoms with E-state index in [1.807, 2.05) is 6.07 Å². The van der Waals surface area contributed by atoms with Gasteiger partial charge in [0.1, 0.15) is 0 Å². The highest BCUT2D eigenvalue weighted by Gasteiger charge is 2.29. The number of sulfonamides is 1. The molecule has 116 valence electrons. The first-order valence-electron chi connectivity index (χ1n) is 7.01. The lowest BCUT2D eigenvalue weighted by Crippen LogP contribution is -2.48. The van der Waals surface area contributed by atoms with Crippen LogP contribution in [-0.4, -0.2) is 50.3 Å². The number of halogens is 1. The second-order valence-corrected chi connectivity index (χ2v) is 8.18. The van der Waals surface area contributed by atoms with Crippen molar-refractivity contribution in [2.24, 2.45) is 0 Å². The normalized spacial score (nSPS) is 17.7. The molecule has 0 aromatic heterocycles. The molecule has 4 nitrogen and oxygen atoms in total. The van der Waals surface area contributed by atoms with Crippen LogP contribution in [0.15, 0.2) is 45.3 Å². The number of benzene rings is 1. The molecule has 0 spiro atoms. The maximum atomic E-state index is 12.6. The molecule has 0 unspecified atom stereocenters. The Kier molecular flexibility index (Phi) is 5.60. The molecule has 1 heterocycles. The van der Waals surface area contributed by atoms with Crippen LogP contribution in [0.1, 0.15) is 13.8 Å². The molecule has 0 saturated carbocycles. The lowest BCUT2D eigenvalue weighted by atomic mass is 10.3. The van der Waals surface area contributed by atoms with Gasteiger partial charge >= 0.3 is 0 Å². The third kappa shape index (κ3) is 4.16. The van der Waals surface area contributed by atoms with Crippen molar-refractivity contribution in [1.82, 2.24) is 9.21 Å². The lowest BCUT2D eigenvalue weighted by Gasteiger charge is -2.33. The van der Waals surface area contributed by atoms with Gasteiger partial charge in [0.05, 0.1) is 4.90 Å². The van der Waals surface area contributed by atoms with E-state index in [1.165, 1.54) is 5.57 Å². The van der Waals surface area contributed by atoms with Gasteiger partial charge in [-0.2, -0.15) is 4.31 Å². The largest absolute Gasteiger partial charge is 0.297 e. The summed E-state index contributed by atoms with van der Waals surface area (Å²) in [5.74, 6) is 0. The maximum absolute atomic E-state index is 12.6. The van der Waals surface area contributed by atoms with E-state index < -0.39 is 10.0 Å². The molecule has 0 amide bonds. The van der Waals surface area contributed by atoms with Gasteiger partial charge in [0.25, 0.3) is 0 Å². The molecule has 1 aromatic rings. The average molecular weight is 373 g/mol. The minimum Gasteiger partial charge on any atom is -0.297 e. The zero-order valence-electron chi connectivity index (χ0n) is 12.4. The number of piperazine rings is 1. The maximum Gasteiger partial charge on any atom is 0.244 e. The summed E-state index contributed by atoms with van der Waals surface area (Å²) in [6.07, 6.45) is 2.18. The smallest absolute Gasteiger partial charge is 0.244 e. The van der Waals surface area contributed by atoms with E-state index in [0.717, 1.165) is 19.6 Å². The zero-order valence-corrected chi connectivity index (χ0v) is 14.8. The van der Waals surface area contributed by atoms with E-state index in [1.54, 1.807) is 22.5 Å². The molecule has 1 aliphatic rings. The average Bonchev–Trinajstić information content (AvgIpc) is 2.46. The van der Waals surface area contributed by atoms with Gasteiger partial charge in [-0.1, -0.05) is 23.8 Å². The molecule has 1 aliphatic heterocycles. The molecule has 1 fully saturated rings. The Labute approximate surface area is 135 Å². The Morgan fingerprint density at radius 3 is 2.38 bits per heavy atom. The number of nitrogens with zero attached hydrogens (tertiary/aromatic N) is 2. The summed E-state index contributed by atoms with van der Waals surface area (Å²) in [6, 6.07) is 6.98. The molecule has 2 rings (SSSR count). The summed E-state index contributed by atoms with van der Waals surface area (Å²) in [4.78, 5) is 2.63. The van der Waals surface area contributed by atoms with Crippen LogP contribution in [-0.2, 0) is 10.0 Å². The molecule has 0 aliphatic carbocycles. The van der Waals surface area contributed by atoms with Crippen molar-refractivity contribution in [1.29, 1.82) is 0 Å². The molecule has 21 heavy (non-hydrogen) atoms. The van der Waals surface area contributed by atoms with Crippen LogP contribution in [0.3, 0.4) is 0 Å². The first kappa shape index (κ1) is 16.7. The topological polar surface area (TPSA) is 40.6 Å². The standard InChI is InChI=1S/C15H21BrN2O2S/c1-13(2)7-8-17-9-11-18(12-10-17)21(19,20)15-6-4-3-5-14(15)16/h3-7H,8-12H2,1-2H3. The quantitative estimate of drug-likeness (QED) is 0.762. The summed E-state index contributed by atoms with van der Waals surface area (Å²) < 4.78 is 27.5. The van der Waals surface area contributed by atoms with Crippen LogP contribution in [0, 0.1) is 0 Å². The number of hydrogen-bond donors (Lipinski definition) is 0. The summed E-state index contributed by atoms with van der Waals surface area (Å²) in [5.41, 5.74) is 1.29. The van der Waals surface area contributed by atoms with Crippen LogP contribution in [0.25, 0.3) is 0 Å². The molecule has 0 atom stereocenters. The highest BCUT2D eigenvalue weighted by Crippen LogP contribution is 2.25.